The Bertz CT molecular complexity index is 591. The first-order chi connectivity index (χ1) is 9.87. The maximum atomic E-state index is 13.4. The van der Waals surface area contributed by atoms with Gasteiger partial charge in [0.25, 0.3) is 0 Å². The Labute approximate surface area is 126 Å². The summed E-state index contributed by atoms with van der Waals surface area (Å²) < 4.78 is 41.0. The van der Waals surface area contributed by atoms with Gasteiger partial charge in [-0.15, -0.1) is 0 Å². The van der Waals surface area contributed by atoms with Crippen molar-refractivity contribution in [2.45, 2.75) is 50.5 Å². The Kier molecular flexibility index (Phi) is 5.01. The van der Waals surface area contributed by atoms with Crippen LogP contribution in [0.4, 0.5) is 4.39 Å². The monoisotopic (exact) mass is 314 g/mol. The quantitative estimate of drug-likeness (QED) is 0.928. The first-order valence-electron chi connectivity index (χ1n) is 7.36. The van der Waals surface area contributed by atoms with E-state index in [2.05, 4.69) is 0 Å². The fraction of sp³-hybridized carbons (Fsp3) is 0.600. The molecule has 1 aliphatic heterocycles. The minimum absolute atomic E-state index is 0.0439. The van der Waals surface area contributed by atoms with Crippen LogP contribution in [-0.4, -0.2) is 31.9 Å². The number of rotatable bonds is 4. The zero-order chi connectivity index (χ0) is 15.6. The van der Waals surface area contributed by atoms with Gasteiger partial charge in [-0.25, -0.2) is 12.8 Å². The summed E-state index contributed by atoms with van der Waals surface area (Å²) in [5.74, 6) is -0.402. The van der Waals surface area contributed by atoms with Crippen molar-refractivity contribution in [1.29, 1.82) is 0 Å². The van der Waals surface area contributed by atoms with Gasteiger partial charge in [-0.2, -0.15) is 4.31 Å². The molecule has 2 N–H and O–H groups in total. The van der Waals surface area contributed by atoms with Crippen LogP contribution in [-0.2, 0) is 10.0 Å². The van der Waals surface area contributed by atoms with Gasteiger partial charge in [-0.05, 0) is 62.9 Å². The van der Waals surface area contributed by atoms with Crippen molar-refractivity contribution >= 4 is 10.0 Å². The van der Waals surface area contributed by atoms with Gasteiger partial charge in [0, 0.05) is 12.6 Å². The van der Waals surface area contributed by atoms with E-state index in [9.17, 15) is 12.8 Å². The van der Waals surface area contributed by atoms with Gasteiger partial charge in [-0.3, -0.25) is 0 Å². The molecule has 1 fully saturated rings. The third-order valence-corrected chi connectivity index (χ3v) is 6.32. The molecular formula is C15H23FN2O2S. The van der Waals surface area contributed by atoms with E-state index in [4.69, 9.17) is 5.73 Å². The van der Waals surface area contributed by atoms with Gasteiger partial charge in [0.05, 0.1) is 4.90 Å². The smallest absolute Gasteiger partial charge is 0.243 e. The molecular weight excluding hydrogens is 291 g/mol. The maximum absolute atomic E-state index is 13.4. The van der Waals surface area contributed by atoms with Crippen molar-refractivity contribution < 1.29 is 12.8 Å². The van der Waals surface area contributed by atoms with E-state index in [0.717, 1.165) is 19.3 Å². The van der Waals surface area contributed by atoms with Gasteiger partial charge in [0.15, 0.2) is 0 Å². The highest BCUT2D eigenvalue weighted by molar-refractivity contribution is 7.89. The molecule has 0 radical (unpaired) electrons. The Balaban J connectivity index is 2.45. The van der Waals surface area contributed by atoms with Crippen LogP contribution < -0.4 is 5.73 Å². The van der Waals surface area contributed by atoms with Crippen molar-refractivity contribution in [3.05, 3.63) is 29.1 Å². The fourth-order valence-corrected chi connectivity index (χ4v) is 5.33. The summed E-state index contributed by atoms with van der Waals surface area (Å²) in [6.07, 6.45) is 3.39. The van der Waals surface area contributed by atoms with Crippen LogP contribution in [0.3, 0.4) is 0 Å². The minimum atomic E-state index is -3.60. The normalized spacial score (nSPS) is 20.7. The predicted octanol–water partition coefficient (Wildman–Crippen LogP) is 2.33. The van der Waals surface area contributed by atoms with E-state index >= 15 is 0 Å². The lowest BCUT2D eigenvalue weighted by atomic mass is 10.0. The molecule has 2 rings (SSSR count). The zero-order valence-electron chi connectivity index (χ0n) is 12.6. The molecule has 1 heterocycles. The van der Waals surface area contributed by atoms with E-state index in [1.165, 1.54) is 12.1 Å². The van der Waals surface area contributed by atoms with Crippen LogP contribution in [0.2, 0.25) is 0 Å². The van der Waals surface area contributed by atoms with Crippen LogP contribution >= 0.6 is 0 Å². The van der Waals surface area contributed by atoms with E-state index in [1.54, 1.807) is 18.2 Å². The summed E-state index contributed by atoms with van der Waals surface area (Å²) in [7, 11) is -3.60. The Morgan fingerprint density at radius 3 is 2.48 bits per heavy atom. The summed E-state index contributed by atoms with van der Waals surface area (Å²) in [6.45, 7) is 4.27. The number of sulfonamides is 1. The lowest BCUT2D eigenvalue weighted by Crippen LogP contribution is -2.44. The molecule has 21 heavy (non-hydrogen) atoms. The van der Waals surface area contributed by atoms with E-state index in [-0.39, 0.29) is 10.9 Å². The Morgan fingerprint density at radius 1 is 1.29 bits per heavy atom. The molecule has 1 aliphatic rings. The summed E-state index contributed by atoms with van der Waals surface area (Å²) in [5, 5.41) is 0. The van der Waals surface area contributed by atoms with Gasteiger partial charge in [0.2, 0.25) is 10.0 Å². The number of piperidine rings is 1. The molecule has 0 aliphatic carbocycles. The third-order valence-electron chi connectivity index (χ3n) is 4.06. The number of hydrogen-bond donors (Lipinski definition) is 1. The summed E-state index contributed by atoms with van der Waals surface area (Å²) in [5.41, 5.74) is 6.54. The SMILES string of the molecule is Cc1cc(F)cc(C)c1S(=O)(=O)N1CCCCC1CCN. The first-order valence-corrected chi connectivity index (χ1v) is 8.80. The molecule has 1 aromatic carbocycles. The van der Waals surface area contributed by atoms with Crippen LogP contribution in [0, 0.1) is 19.7 Å². The summed E-state index contributed by atoms with van der Waals surface area (Å²) >= 11 is 0. The van der Waals surface area contributed by atoms with Gasteiger partial charge in [0.1, 0.15) is 5.82 Å². The van der Waals surface area contributed by atoms with E-state index in [1.807, 2.05) is 0 Å². The average molecular weight is 314 g/mol. The van der Waals surface area contributed by atoms with Crippen LogP contribution in [0.5, 0.6) is 0 Å². The van der Waals surface area contributed by atoms with Gasteiger partial charge < -0.3 is 5.73 Å². The summed E-state index contributed by atoms with van der Waals surface area (Å²) in [4.78, 5) is 0.243. The van der Waals surface area contributed by atoms with Crippen LogP contribution in [0.1, 0.15) is 36.8 Å². The van der Waals surface area contributed by atoms with E-state index in [0.29, 0.717) is 30.6 Å². The van der Waals surface area contributed by atoms with Crippen molar-refractivity contribution in [1.82, 2.24) is 4.31 Å². The van der Waals surface area contributed by atoms with Gasteiger partial charge in [-0.1, -0.05) is 6.42 Å². The van der Waals surface area contributed by atoms with Crippen LogP contribution in [0.15, 0.2) is 17.0 Å². The standard InChI is InChI=1S/C15H23FN2O2S/c1-11-9-13(16)10-12(2)15(11)21(19,20)18-8-4-3-5-14(18)6-7-17/h9-10,14H,3-8,17H2,1-2H3. The molecule has 1 unspecified atom stereocenters. The molecule has 118 valence electrons. The summed E-state index contributed by atoms with van der Waals surface area (Å²) in [6, 6.07) is 2.52. The van der Waals surface area contributed by atoms with Crippen molar-refractivity contribution in [2.75, 3.05) is 13.1 Å². The lowest BCUT2D eigenvalue weighted by Gasteiger charge is -2.35. The Morgan fingerprint density at radius 2 is 1.90 bits per heavy atom. The molecule has 0 spiro atoms. The number of aryl methyl sites for hydroxylation is 2. The molecule has 6 heteroatoms. The molecule has 0 bridgehead atoms. The molecule has 1 aromatic rings. The maximum Gasteiger partial charge on any atom is 0.243 e. The van der Waals surface area contributed by atoms with Crippen molar-refractivity contribution in [3.8, 4) is 0 Å². The van der Waals surface area contributed by atoms with Crippen molar-refractivity contribution in [2.24, 2.45) is 5.73 Å². The number of nitrogens with two attached hydrogens (primary N) is 1. The zero-order valence-corrected chi connectivity index (χ0v) is 13.4. The van der Waals surface area contributed by atoms with Crippen molar-refractivity contribution in [3.63, 3.8) is 0 Å². The largest absolute Gasteiger partial charge is 0.330 e. The van der Waals surface area contributed by atoms with E-state index < -0.39 is 15.8 Å². The second-order valence-electron chi connectivity index (χ2n) is 5.71. The van der Waals surface area contributed by atoms with Gasteiger partial charge >= 0.3 is 0 Å². The number of hydrogen-bond acceptors (Lipinski definition) is 3. The fourth-order valence-electron chi connectivity index (χ4n) is 3.19. The minimum Gasteiger partial charge on any atom is -0.330 e. The number of halogens is 1. The highest BCUT2D eigenvalue weighted by Gasteiger charge is 2.34. The lowest BCUT2D eigenvalue weighted by molar-refractivity contribution is 0.243. The molecule has 1 saturated heterocycles. The molecule has 1 atom stereocenters. The van der Waals surface area contributed by atoms with Crippen LogP contribution in [0.25, 0.3) is 0 Å². The molecule has 0 aromatic heterocycles. The average Bonchev–Trinajstić information content (AvgIpc) is 2.37. The number of benzene rings is 1. The third kappa shape index (κ3) is 3.27. The highest BCUT2D eigenvalue weighted by atomic mass is 32.2. The second kappa shape index (κ2) is 6.42. The second-order valence-corrected chi connectivity index (χ2v) is 7.54. The topological polar surface area (TPSA) is 63.4 Å². The predicted molar refractivity (Wildman–Crippen MR) is 81.1 cm³/mol. The number of nitrogens with zero attached hydrogens (tertiary/aromatic N) is 1. The highest BCUT2D eigenvalue weighted by Crippen LogP contribution is 2.30. The Hall–Kier alpha value is -0.980. The molecule has 4 nitrogen and oxygen atoms in total. The molecule has 0 amide bonds. The molecule has 0 saturated carbocycles. The first kappa shape index (κ1) is 16.4.